The summed E-state index contributed by atoms with van der Waals surface area (Å²) in [4.78, 5) is 38.1. The van der Waals surface area contributed by atoms with Crippen molar-refractivity contribution in [3.8, 4) is 0 Å². The molecule has 0 aliphatic rings. The number of carbonyl (C=O) groups is 3. The largest absolute Gasteiger partial charge is 0.462 e. The molecule has 0 bridgehead atoms. The highest BCUT2D eigenvalue weighted by atomic mass is 16.6. The molecular formula is C60H100O6. The summed E-state index contributed by atoms with van der Waals surface area (Å²) in [6.45, 7) is 6.34. The van der Waals surface area contributed by atoms with Crippen LogP contribution < -0.4 is 0 Å². The molecule has 1 unspecified atom stereocenters. The molecule has 0 aromatic heterocycles. The van der Waals surface area contributed by atoms with Gasteiger partial charge in [0.15, 0.2) is 6.10 Å². The molecule has 0 spiro atoms. The maximum absolute atomic E-state index is 12.8. The third kappa shape index (κ3) is 51.3. The number of esters is 3. The van der Waals surface area contributed by atoms with Crippen molar-refractivity contribution in [2.75, 3.05) is 13.2 Å². The highest BCUT2D eigenvalue weighted by Gasteiger charge is 2.19. The van der Waals surface area contributed by atoms with Gasteiger partial charge >= 0.3 is 17.9 Å². The van der Waals surface area contributed by atoms with Crippen LogP contribution in [0.15, 0.2) is 97.2 Å². The molecule has 0 amide bonds. The van der Waals surface area contributed by atoms with E-state index in [9.17, 15) is 14.4 Å². The Balaban J connectivity index is 4.42. The summed E-state index contributed by atoms with van der Waals surface area (Å²) in [5.41, 5.74) is 0. The molecule has 0 rings (SSSR count). The minimum Gasteiger partial charge on any atom is -0.462 e. The van der Waals surface area contributed by atoms with Crippen molar-refractivity contribution in [1.82, 2.24) is 0 Å². The van der Waals surface area contributed by atoms with E-state index in [4.69, 9.17) is 14.2 Å². The van der Waals surface area contributed by atoms with E-state index in [-0.39, 0.29) is 31.1 Å². The van der Waals surface area contributed by atoms with Crippen LogP contribution in [0.1, 0.15) is 245 Å². The summed E-state index contributed by atoms with van der Waals surface area (Å²) in [6.07, 6.45) is 71.0. The molecule has 6 nitrogen and oxygen atoms in total. The molecule has 66 heavy (non-hydrogen) atoms. The van der Waals surface area contributed by atoms with Crippen LogP contribution >= 0.6 is 0 Å². The van der Waals surface area contributed by atoms with Crippen LogP contribution in [-0.4, -0.2) is 37.2 Å². The van der Waals surface area contributed by atoms with Gasteiger partial charge in [0.05, 0.1) is 0 Å². The molecule has 0 fully saturated rings. The zero-order valence-electron chi connectivity index (χ0n) is 42.9. The van der Waals surface area contributed by atoms with Crippen molar-refractivity contribution in [2.45, 2.75) is 252 Å². The molecule has 1 atom stereocenters. The van der Waals surface area contributed by atoms with E-state index in [0.29, 0.717) is 19.3 Å². The van der Waals surface area contributed by atoms with Crippen LogP contribution in [0, 0.1) is 0 Å². The smallest absolute Gasteiger partial charge is 0.306 e. The number of hydrogen-bond donors (Lipinski definition) is 0. The monoisotopic (exact) mass is 917 g/mol. The first-order valence-corrected chi connectivity index (χ1v) is 27.3. The quantitative estimate of drug-likeness (QED) is 0.0199. The average molecular weight is 917 g/mol. The van der Waals surface area contributed by atoms with Crippen molar-refractivity contribution in [1.29, 1.82) is 0 Å². The zero-order chi connectivity index (χ0) is 47.9. The third-order valence-corrected chi connectivity index (χ3v) is 11.4. The van der Waals surface area contributed by atoms with Gasteiger partial charge in [-0.05, 0) is 89.9 Å². The Hall–Kier alpha value is -3.67. The first-order valence-electron chi connectivity index (χ1n) is 27.3. The Morgan fingerprint density at radius 1 is 0.333 bits per heavy atom. The number of hydrogen-bond acceptors (Lipinski definition) is 6. The fraction of sp³-hybridized carbons (Fsp3) is 0.683. The highest BCUT2D eigenvalue weighted by molar-refractivity contribution is 5.71. The minimum absolute atomic E-state index is 0.0924. The lowest BCUT2D eigenvalue weighted by molar-refractivity contribution is -0.167. The molecule has 0 heterocycles. The van der Waals surface area contributed by atoms with Gasteiger partial charge in [-0.3, -0.25) is 14.4 Å². The van der Waals surface area contributed by atoms with Crippen LogP contribution in [0.4, 0.5) is 0 Å². The van der Waals surface area contributed by atoms with Crippen LogP contribution in [-0.2, 0) is 28.6 Å². The number of rotatable bonds is 48. The maximum atomic E-state index is 12.8. The van der Waals surface area contributed by atoms with Crippen LogP contribution in [0.2, 0.25) is 0 Å². The Kier molecular flexibility index (Phi) is 50.9. The van der Waals surface area contributed by atoms with E-state index in [1.807, 2.05) is 18.2 Å². The van der Waals surface area contributed by atoms with E-state index in [1.165, 1.54) is 103 Å². The molecule has 0 radical (unpaired) electrons. The van der Waals surface area contributed by atoms with Gasteiger partial charge < -0.3 is 14.2 Å². The molecule has 0 saturated carbocycles. The van der Waals surface area contributed by atoms with E-state index >= 15 is 0 Å². The van der Waals surface area contributed by atoms with Gasteiger partial charge in [-0.15, -0.1) is 0 Å². The van der Waals surface area contributed by atoms with Gasteiger partial charge in [-0.2, -0.15) is 0 Å². The average Bonchev–Trinajstić information content (AvgIpc) is 3.31. The van der Waals surface area contributed by atoms with Gasteiger partial charge in [0.1, 0.15) is 13.2 Å². The van der Waals surface area contributed by atoms with Gasteiger partial charge in [0.2, 0.25) is 0 Å². The molecule has 0 N–H and O–H groups in total. The number of carbonyl (C=O) groups excluding carboxylic acids is 3. The minimum atomic E-state index is -0.795. The third-order valence-electron chi connectivity index (χ3n) is 11.4. The van der Waals surface area contributed by atoms with Gasteiger partial charge in [0.25, 0.3) is 0 Å². The van der Waals surface area contributed by atoms with Crippen LogP contribution in [0.25, 0.3) is 0 Å². The first-order chi connectivity index (χ1) is 32.5. The molecule has 0 aromatic carbocycles. The van der Waals surface area contributed by atoms with Crippen LogP contribution in [0.3, 0.4) is 0 Å². The lowest BCUT2D eigenvalue weighted by atomic mass is 10.1. The topological polar surface area (TPSA) is 78.9 Å². The molecule has 0 aromatic rings. The summed E-state index contributed by atoms with van der Waals surface area (Å²) >= 11 is 0. The number of allylic oxidation sites excluding steroid dienone is 16. The number of ether oxygens (including phenoxy) is 3. The fourth-order valence-electron chi connectivity index (χ4n) is 7.36. The van der Waals surface area contributed by atoms with E-state index in [2.05, 4.69) is 99.8 Å². The molecule has 376 valence electrons. The predicted octanol–water partition coefficient (Wildman–Crippen LogP) is 18.1. The molecule has 0 saturated heterocycles. The number of unbranched alkanes of at least 4 members (excludes halogenated alkanes) is 25. The Morgan fingerprint density at radius 2 is 0.667 bits per heavy atom. The van der Waals surface area contributed by atoms with Crippen molar-refractivity contribution in [2.24, 2.45) is 0 Å². The summed E-state index contributed by atoms with van der Waals surface area (Å²) < 4.78 is 16.8. The second kappa shape index (κ2) is 53.9. The summed E-state index contributed by atoms with van der Waals surface area (Å²) in [5.74, 6) is -0.927. The Labute approximate surface area is 407 Å². The summed E-state index contributed by atoms with van der Waals surface area (Å²) in [6, 6.07) is 0. The molecular weight excluding hydrogens is 817 g/mol. The second-order valence-corrected chi connectivity index (χ2v) is 17.8. The van der Waals surface area contributed by atoms with Crippen molar-refractivity contribution < 1.29 is 28.6 Å². The van der Waals surface area contributed by atoms with E-state index < -0.39 is 6.10 Å². The van der Waals surface area contributed by atoms with Crippen molar-refractivity contribution >= 4 is 17.9 Å². The van der Waals surface area contributed by atoms with Gasteiger partial charge in [0, 0.05) is 19.3 Å². The van der Waals surface area contributed by atoms with E-state index in [0.717, 1.165) is 103 Å². The normalized spacial score (nSPS) is 12.8. The first kappa shape index (κ1) is 62.3. The van der Waals surface area contributed by atoms with E-state index in [1.54, 1.807) is 0 Å². The SMILES string of the molecule is CC\C=C/C=C\C=C/C=C\CCCCCCCC(=O)OC(COC(=O)CCCCCCCCC/C=C\C/C=C\CC)COC(=O)CCCCCCCCCCCC/C=C\C=C/CCCCC. The second-order valence-electron chi connectivity index (χ2n) is 17.8. The molecule has 6 heteroatoms. The maximum Gasteiger partial charge on any atom is 0.306 e. The molecule has 0 aliphatic heterocycles. The lowest BCUT2D eigenvalue weighted by Crippen LogP contribution is -2.30. The molecule has 0 aliphatic carbocycles. The summed E-state index contributed by atoms with van der Waals surface area (Å²) in [7, 11) is 0. The van der Waals surface area contributed by atoms with Crippen molar-refractivity contribution in [3.63, 3.8) is 0 Å². The Bertz CT molecular complexity index is 1330. The van der Waals surface area contributed by atoms with Crippen molar-refractivity contribution in [3.05, 3.63) is 97.2 Å². The van der Waals surface area contributed by atoms with Gasteiger partial charge in [-0.25, -0.2) is 0 Å². The standard InChI is InChI=1S/C60H100O6/c1-4-7-10-13-16-19-22-25-28-29-30-31-33-35-38-41-44-47-50-53-59(62)65-56-57(55-64-58(61)52-49-46-43-40-37-34-27-24-21-18-15-12-9-6-3)66-60(63)54-51-48-45-42-39-36-32-26-23-20-17-14-11-8-5-2/h8-9,11-12,14,16-23,25-26,32,57H,4-7,10,13,15,24,27-31,33-56H2,1-3H3/b11-8-,12-9-,17-14-,19-16-,21-18-,23-20-,25-22-,32-26-. The Morgan fingerprint density at radius 3 is 1.11 bits per heavy atom. The lowest BCUT2D eigenvalue weighted by Gasteiger charge is -2.18. The predicted molar refractivity (Wildman–Crippen MR) is 284 cm³/mol. The zero-order valence-corrected chi connectivity index (χ0v) is 42.9. The van der Waals surface area contributed by atoms with Gasteiger partial charge in [-0.1, -0.05) is 234 Å². The fourth-order valence-corrected chi connectivity index (χ4v) is 7.36. The highest BCUT2D eigenvalue weighted by Crippen LogP contribution is 2.15. The summed E-state index contributed by atoms with van der Waals surface area (Å²) in [5, 5.41) is 0. The van der Waals surface area contributed by atoms with Crippen LogP contribution in [0.5, 0.6) is 0 Å².